The van der Waals surface area contributed by atoms with Gasteiger partial charge in [0.15, 0.2) is 0 Å². The Hall–Kier alpha value is -0.930. The van der Waals surface area contributed by atoms with Gasteiger partial charge in [0, 0.05) is 11.7 Å². The van der Waals surface area contributed by atoms with Crippen molar-refractivity contribution in [2.75, 3.05) is 6.54 Å². The molecule has 0 fully saturated rings. The predicted octanol–water partition coefficient (Wildman–Crippen LogP) is 0.739. The lowest BCUT2D eigenvalue weighted by molar-refractivity contribution is 0.641. The van der Waals surface area contributed by atoms with Crippen LogP contribution < -0.4 is 11.5 Å². The molecule has 0 radical (unpaired) electrons. The molecule has 1 rings (SSSR count). The topological polar surface area (TPSA) is 64.9 Å². The number of aromatic nitrogens is 1. The van der Waals surface area contributed by atoms with Crippen molar-refractivity contribution < 1.29 is 0 Å². The Balaban J connectivity index is 2.73. The van der Waals surface area contributed by atoms with Gasteiger partial charge in [-0.25, -0.2) is 0 Å². The first kappa shape index (κ1) is 9.16. The van der Waals surface area contributed by atoms with Crippen molar-refractivity contribution in [1.29, 1.82) is 0 Å². The quantitative estimate of drug-likeness (QED) is 0.694. The molecule has 0 aliphatic heterocycles. The zero-order valence-electron chi connectivity index (χ0n) is 7.33. The molecule has 3 nitrogen and oxygen atoms in total. The lowest BCUT2D eigenvalue weighted by Gasteiger charge is -2.09. The molecule has 1 aromatic heterocycles. The minimum atomic E-state index is -0.0186. The average Bonchev–Trinajstić information content (AvgIpc) is 2.05. The van der Waals surface area contributed by atoms with Gasteiger partial charge in [-0.1, -0.05) is 6.07 Å². The van der Waals surface area contributed by atoms with Crippen LogP contribution in [-0.2, 0) is 0 Å². The van der Waals surface area contributed by atoms with Crippen molar-refractivity contribution in [3.8, 4) is 0 Å². The maximum atomic E-state index is 5.83. The van der Waals surface area contributed by atoms with E-state index in [1.165, 1.54) is 0 Å². The fourth-order valence-corrected chi connectivity index (χ4v) is 1.10. The third kappa shape index (κ3) is 2.29. The minimum absolute atomic E-state index is 0.0186. The van der Waals surface area contributed by atoms with E-state index in [1.807, 2.05) is 25.1 Å². The minimum Gasteiger partial charge on any atom is -0.330 e. The first-order valence-electron chi connectivity index (χ1n) is 4.13. The molecule has 0 aliphatic rings. The highest BCUT2D eigenvalue weighted by Crippen LogP contribution is 2.10. The summed E-state index contributed by atoms with van der Waals surface area (Å²) in [5, 5.41) is 0. The molecular weight excluding hydrogens is 150 g/mol. The average molecular weight is 165 g/mol. The Morgan fingerprint density at radius 3 is 2.83 bits per heavy atom. The summed E-state index contributed by atoms with van der Waals surface area (Å²) in [4.78, 5) is 4.31. The number of hydrogen-bond acceptors (Lipinski definition) is 3. The van der Waals surface area contributed by atoms with E-state index >= 15 is 0 Å². The second-order valence-corrected chi connectivity index (χ2v) is 2.89. The van der Waals surface area contributed by atoms with Gasteiger partial charge in [0.05, 0.1) is 5.69 Å². The second kappa shape index (κ2) is 4.18. The lowest BCUT2D eigenvalue weighted by Crippen LogP contribution is -2.16. The van der Waals surface area contributed by atoms with Crippen LogP contribution in [0, 0.1) is 6.92 Å². The molecule has 1 heterocycles. The molecule has 0 aromatic carbocycles. The number of pyridine rings is 1. The highest BCUT2D eigenvalue weighted by atomic mass is 14.8. The van der Waals surface area contributed by atoms with E-state index < -0.39 is 0 Å². The number of nitrogens with zero attached hydrogens (tertiary/aromatic N) is 1. The summed E-state index contributed by atoms with van der Waals surface area (Å²) in [6, 6.07) is 5.84. The van der Waals surface area contributed by atoms with Gasteiger partial charge in [0.25, 0.3) is 0 Å². The van der Waals surface area contributed by atoms with Crippen molar-refractivity contribution in [3.63, 3.8) is 0 Å². The van der Waals surface area contributed by atoms with E-state index in [0.29, 0.717) is 6.54 Å². The highest BCUT2D eigenvalue weighted by Gasteiger charge is 2.05. The molecule has 4 N–H and O–H groups in total. The standard InChI is InChI=1S/C9H15N3/c1-7-3-2-4-9(12-7)8(11)5-6-10/h2-4,8H,5-6,10-11H2,1H3/t8-/m1/s1. The first-order valence-corrected chi connectivity index (χ1v) is 4.13. The molecule has 12 heavy (non-hydrogen) atoms. The van der Waals surface area contributed by atoms with Crippen LogP contribution in [0.5, 0.6) is 0 Å². The van der Waals surface area contributed by atoms with Gasteiger partial charge in [-0.05, 0) is 32.0 Å². The zero-order chi connectivity index (χ0) is 8.97. The summed E-state index contributed by atoms with van der Waals surface area (Å²) >= 11 is 0. The van der Waals surface area contributed by atoms with Crippen LogP contribution in [-0.4, -0.2) is 11.5 Å². The third-order valence-electron chi connectivity index (χ3n) is 1.77. The monoisotopic (exact) mass is 165 g/mol. The summed E-state index contributed by atoms with van der Waals surface area (Å²) in [6.07, 6.45) is 0.788. The van der Waals surface area contributed by atoms with Gasteiger partial charge in [0.1, 0.15) is 0 Å². The Morgan fingerprint density at radius 1 is 1.50 bits per heavy atom. The van der Waals surface area contributed by atoms with Crippen LogP contribution in [0.15, 0.2) is 18.2 Å². The molecule has 0 spiro atoms. The summed E-state index contributed by atoms with van der Waals surface area (Å²) in [7, 11) is 0. The molecule has 0 bridgehead atoms. The van der Waals surface area contributed by atoms with Crippen LogP contribution in [0.4, 0.5) is 0 Å². The van der Waals surface area contributed by atoms with Crippen molar-refractivity contribution >= 4 is 0 Å². The van der Waals surface area contributed by atoms with Crippen molar-refractivity contribution in [2.45, 2.75) is 19.4 Å². The SMILES string of the molecule is Cc1cccc([C@H](N)CCN)n1. The van der Waals surface area contributed by atoms with E-state index in [2.05, 4.69) is 4.98 Å². The Bertz CT molecular complexity index is 247. The Kier molecular flexibility index (Phi) is 3.19. The number of rotatable bonds is 3. The number of aryl methyl sites for hydroxylation is 1. The summed E-state index contributed by atoms with van der Waals surface area (Å²) in [5.41, 5.74) is 13.2. The molecule has 0 saturated heterocycles. The molecule has 1 aromatic rings. The molecule has 3 heteroatoms. The maximum Gasteiger partial charge on any atom is 0.0574 e. The second-order valence-electron chi connectivity index (χ2n) is 2.89. The fourth-order valence-electron chi connectivity index (χ4n) is 1.10. The van der Waals surface area contributed by atoms with Crippen molar-refractivity contribution in [1.82, 2.24) is 4.98 Å². The molecule has 0 aliphatic carbocycles. The normalized spacial score (nSPS) is 12.9. The summed E-state index contributed by atoms with van der Waals surface area (Å²) < 4.78 is 0. The van der Waals surface area contributed by atoms with Gasteiger partial charge in [0.2, 0.25) is 0 Å². The van der Waals surface area contributed by atoms with Gasteiger partial charge in [-0.3, -0.25) is 4.98 Å². The van der Waals surface area contributed by atoms with Crippen molar-refractivity contribution in [2.24, 2.45) is 11.5 Å². The van der Waals surface area contributed by atoms with Gasteiger partial charge in [-0.2, -0.15) is 0 Å². The summed E-state index contributed by atoms with van der Waals surface area (Å²) in [5.74, 6) is 0. The predicted molar refractivity (Wildman–Crippen MR) is 49.6 cm³/mol. The van der Waals surface area contributed by atoms with E-state index in [-0.39, 0.29) is 6.04 Å². The van der Waals surface area contributed by atoms with E-state index in [4.69, 9.17) is 11.5 Å². The number of hydrogen-bond donors (Lipinski definition) is 2. The van der Waals surface area contributed by atoms with Crippen LogP contribution in [0.1, 0.15) is 23.9 Å². The third-order valence-corrected chi connectivity index (χ3v) is 1.77. The van der Waals surface area contributed by atoms with E-state index in [0.717, 1.165) is 17.8 Å². The fraction of sp³-hybridized carbons (Fsp3) is 0.444. The zero-order valence-corrected chi connectivity index (χ0v) is 7.33. The van der Waals surface area contributed by atoms with Crippen LogP contribution in [0.3, 0.4) is 0 Å². The van der Waals surface area contributed by atoms with E-state index in [1.54, 1.807) is 0 Å². The van der Waals surface area contributed by atoms with Crippen molar-refractivity contribution in [3.05, 3.63) is 29.6 Å². The molecule has 0 unspecified atom stereocenters. The van der Waals surface area contributed by atoms with Gasteiger partial charge < -0.3 is 11.5 Å². The smallest absolute Gasteiger partial charge is 0.0574 e. The summed E-state index contributed by atoms with van der Waals surface area (Å²) in [6.45, 7) is 2.56. The number of nitrogens with two attached hydrogens (primary N) is 2. The largest absolute Gasteiger partial charge is 0.330 e. The molecule has 0 amide bonds. The van der Waals surface area contributed by atoms with Gasteiger partial charge in [-0.15, -0.1) is 0 Å². The Morgan fingerprint density at radius 2 is 2.25 bits per heavy atom. The van der Waals surface area contributed by atoms with Crippen LogP contribution in [0.25, 0.3) is 0 Å². The highest BCUT2D eigenvalue weighted by molar-refractivity contribution is 5.12. The van der Waals surface area contributed by atoms with E-state index in [9.17, 15) is 0 Å². The first-order chi connectivity index (χ1) is 5.74. The molecule has 0 saturated carbocycles. The molecule has 66 valence electrons. The maximum absolute atomic E-state index is 5.83. The van der Waals surface area contributed by atoms with Gasteiger partial charge >= 0.3 is 0 Å². The molecule has 1 atom stereocenters. The molecular formula is C9H15N3. The Labute approximate surface area is 72.8 Å². The lowest BCUT2D eigenvalue weighted by atomic mass is 10.1. The van der Waals surface area contributed by atoms with Crippen LogP contribution in [0.2, 0.25) is 0 Å². The van der Waals surface area contributed by atoms with Crippen LogP contribution >= 0.6 is 0 Å².